The quantitative estimate of drug-likeness (QED) is 0.241. The van der Waals surface area contributed by atoms with E-state index in [1.807, 2.05) is 50.5 Å². The van der Waals surface area contributed by atoms with Gasteiger partial charge in [-0.05, 0) is 48.7 Å². The summed E-state index contributed by atoms with van der Waals surface area (Å²) in [6.45, 7) is 1.99. The van der Waals surface area contributed by atoms with E-state index >= 15 is 0 Å². The van der Waals surface area contributed by atoms with Crippen LogP contribution in [0.25, 0.3) is 0 Å². The van der Waals surface area contributed by atoms with Crippen LogP contribution in [-0.4, -0.2) is 21.2 Å². The molecule has 134 valence electrons. The number of nitrogens with zero attached hydrogens (tertiary/aromatic N) is 2. The summed E-state index contributed by atoms with van der Waals surface area (Å²) in [6, 6.07) is 11.4. The van der Waals surface area contributed by atoms with Crippen molar-refractivity contribution in [3.63, 3.8) is 0 Å². The van der Waals surface area contributed by atoms with Gasteiger partial charge in [0.2, 0.25) is 0 Å². The van der Waals surface area contributed by atoms with E-state index in [4.69, 9.17) is 5.41 Å². The molecule has 3 rings (SSSR count). The van der Waals surface area contributed by atoms with Crippen LogP contribution in [0.2, 0.25) is 0 Å². The first-order valence-electron chi connectivity index (χ1n) is 7.93. The highest BCUT2D eigenvalue weighted by Crippen LogP contribution is 2.32. The predicted octanol–water partition coefficient (Wildman–Crippen LogP) is 4.39. The molecule has 5 N–H and O–H groups in total. The average molecular weight is 368 g/mol. The summed E-state index contributed by atoms with van der Waals surface area (Å²) in [5, 5.41) is 24.3. The molecule has 0 fully saturated rings. The zero-order chi connectivity index (χ0) is 18.5. The second-order valence-corrected chi connectivity index (χ2v) is 6.59. The molecule has 0 aliphatic heterocycles. The maximum Gasteiger partial charge on any atom is 0.0770 e. The number of anilines is 4. The molecule has 0 saturated heterocycles. The third-order valence-electron chi connectivity index (χ3n) is 3.81. The number of benzene rings is 2. The fourth-order valence-corrected chi connectivity index (χ4v) is 3.28. The Morgan fingerprint density at radius 2 is 2.00 bits per heavy atom. The number of rotatable bonds is 7. The highest BCUT2D eigenvalue weighted by Gasteiger charge is 2.09. The Labute approximate surface area is 156 Å². The van der Waals surface area contributed by atoms with Gasteiger partial charge in [-0.15, -0.1) is 0 Å². The molecule has 7 nitrogen and oxygen atoms in total. The Morgan fingerprint density at radius 1 is 1.19 bits per heavy atom. The van der Waals surface area contributed by atoms with Crippen molar-refractivity contribution in [3.8, 4) is 0 Å². The maximum absolute atomic E-state index is 9.21. The summed E-state index contributed by atoms with van der Waals surface area (Å²) in [5.74, 6) is 0. The monoisotopic (exact) mass is 368 g/mol. The van der Waals surface area contributed by atoms with Crippen molar-refractivity contribution >= 4 is 40.9 Å². The molecule has 26 heavy (non-hydrogen) atoms. The predicted molar refractivity (Wildman–Crippen MR) is 107 cm³/mol. The molecule has 0 atom stereocenters. The Hall–Kier alpha value is -2.97. The van der Waals surface area contributed by atoms with E-state index in [0.29, 0.717) is 5.69 Å². The Morgan fingerprint density at radius 3 is 2.69 bits per heavy atom. The zero-order valence-corrected chi connectivity index (χ0v) is 15.3. The van der Waals surface area contributed by atoms with Gasteiger partial charge in [-0.2, -0.15) is 5.10 Å². The molecule has 0 unspecified atom stereocenters. The lowest BCUT2D eigenvalue weighted by Crippen LogP contribution is -1.99. The van der Waals surface area contributed by atoms with Crippen molar-refractivity contribution in [2.24, 2.45) is 7.05 Å². The van der Waals surface area contributed by atoms with Crippen LogP contribution in [0, 0.1) is 12.3 Å². The Kier molecular flexibility index (Phi) is 5.45. The van der Waals surface area contributed by atoms with E-state index in [9.17, 15) is 5.21 Å². The molecule has 0 saturated carbocycles. The lowest BCUT2D eigenvalue weighted by atomic mass is 10.1. The van der Waals surface area contributed by atoms with Gasteiger partial charge in [-0.25, -0.2) is 0 Å². The minimum atomic E-state index is 0.632. The normalized spacial score (nSPS) is 10.4. The van der Waals surface area contributed by atoms with Gasteiger partial charge in [0, 0.05) is 36.4 Å². The van der Waals surface area contributed by atoms with E-state index in [-0.39, 0.29) is 0 Å². The van der Waals surface area contributed by atoms with Crippen LogP contribution in [0.1, 0.15) is 11.1 Å². The van der Waals surface area contributed by atoms with Crippen LogP contribution in [0.3, 0.4) is 0 Å². The van der Waals surface area contributed by atoms with Crippen molar-refractivity contribution in [1.82, 2.24) is 9.78 Å². The van der Waals surface area contributed by atoms with E-state index < -0.39 is 0 Å². The van der Waals surface area contributed by atoms with Gasteiger partial charge < -0.3 is 15.4 Å². The minimum absolute atomic E-state index is 0.632. The van der Waals surface area contributed by atoms with Crippen LogP contribution in [0.4, 0.5) is 22.7 Å². The average Bonchev–Trinajstić information content (AvgIpc) is 3.06. The molecule has 3 aromatic rings. The van der Waals surface area contributed by atoms with Gasteiger partial charge in [0.05, 0.1) is 22.5 Å². The smallest absolute Gasteiger partial charge is 0.0770 e. The summed E-state index contributed by atoms with van der Waals surface area (Å²) in [7, 11) is 1.86. The van der Waals surface area contributed by atoms with Crippen LogP contribution in [-0.2, 0) is 7.05 Å². The number of nitrogens with one attached hydrogen (secondary N) is 4. The molecule has 1 heterocycles. The summed E-state index contributed by atoms with van der Waals surface area (Å²) in [6.07, 6.45) is 4.94. The van der Waals surface area contributed by atoms with E-state index in [1.165, 1.54) is 18.2 Å². The van der Waals surface area contributed by atoms with Gasteiger partial charge in [-0.1, -0.05) is 12.1 Å². The SMILES string of the molecule is Cc1cc(C=N)c(Nc2cnn(C)c2)cc1NSc1ccccc1NO. The van der Waals surface area contributed by atoms with Crippen LogP contribution in [0.5, 0.6) is 0 Å². The molecule has 2 aromatic carbocycles. The number of aryl methyl sites for hydroxylation is 2. The molecule has 1 aromatic heterocycles. The number of hydrogen-bond acceptors (Lipinski definition) is 7. The molecule has 0 aliphatic rings. The third kappa shape index (κ3) is 3.98. The molecule has 0 amide bonds. The van der Waals surface area contributed by atoms with E-state index in [1.54, 1.807) is 16.9 Å². The van der Waals surface area contributed by atoms with Crippen molar-refractivity contribution in [2.75, 3.05) is 15.5 Å². The first kappa shape index (κ1) is 17.8. The summed E-state index contributed by atoms with van der Waals surface area (Å²) in [4.78, 5) is 0.868. The van der Waals surface area contributed by atoms with Gasteiger partial charge in [0.25, 0.3) is 0 Å². The molecular formula is C18H20N6OS. The third-order valence-corrected chi connectivity index (χ3v) is 4.71. The van der Waals surface area contributed by atoms with Gasteiger partial charge in [0.1, 0.15) is 0 Å². The molecule has 0 spiro atoms. The Bertz CT molecular complexity index is 924. The van der Waals surface area contributed by atoms with Crippen LogP contribution >= 0.6 is 11.9 Å². The van der Waals surface area contributed by atoms with Gasteiger partial charge >= 0.3 is 0 Å². The molecule has 0 radical (unpaired) electrons. The first-order chi connectivity index (χ1) is 12.6. The standard InChI is InChI=1S/C18H20N6OS/c1-12-7-13(9-19)17(21-14-10-20-24(2)11-14)8-16(12)23-26-18-6-4-3-5-15(18)22-25/h3-11,19,21-23,25H,1-2H3. The minimum Gasteiger partial charge on any atom is -0.352 e. The van der Waals surface area contributed by atoms with Crippen molar-refractivity contribution < 1.29 is 5.21 Å². The molecule has 0 aliphatic carbocycles. The van der Waals surface area contributed by atoms with E-state index in [0.717, 1.165) is 33.1 Å². The lowest BCUT2D eigenvalue weighted by molar-refractivity contribution is 0.387. The maximum atomic E-state index is 9.21. The van der Waals surface area contributed by atoms with Crippen LogP contribution < -0.4 is 15.5 Å². The van der Waals surface area contributed by atoms with Crippen molar-refractivity contribution in [1.29, 1.82) is 5.41 Å². The first-order valence-corrected chi connectivity index (χ1v) is 8.75. The summed E-state index contributed by atoms with van der Waals surface area (Å²) < 4.78 is 5.03. The highest BCUT2D eigenvalue weighted by atomic mass is 32.2. The fourth-order valence-electron chi connectivity index (χ4n) is 2.47. The number of hydrogen-bond donors (Lipinski definition) is 5. The second-order valence-electron chi connectivity index (χ2n) is 5.74. The largest absolute Gasteiger partial charge is 0.352 e. The fraction of sp³-hybridized carbons (Fsp3) is 0.111. The van der Waals surface area contributed by atoms with Crippen molar-refractivity contribution in [3.05, 3.63) is 59.9 Å². The summed E-state index contributed by atoms with van der Waals surface area (Å²) in [5.41, 5.74) is 7.22. The van der Waals surface area contributed by atoms with E-state index in [2.05, 4.69) is 20.6 Å². The van der Waals surface area contributed by atoms with Gasteiger partial charge in [-0.3, -0.25) is 15.4 Å². The Balaban J connectivity index is 1.84. The highest BCUT2D eigenvalue weighted by molar-refractivity contribution is 8.00. The molecule has 8 heteroatoms. The summed E-state index contributed by atoms with van der Waals surface area (Å²) >= 11 is 1.40. The van der Waals surface area contributed by atoms with Gasteiger partial charge in [0.15, 0.2) is 0 Å². The topological polar surface area (TPSA) is 98.0 Å². The second kappa shape index (κ2) is 7.94. The number of aromatic nitrogens is 2. The lowest BCUT2D eigenvalue weighted by Gasteiger charge is -2.15. The molecular weight excluding hydrogens is 348 g/mol. The zero-order valence-electron chi connectivity index (χ0n) is 14.4. The van der Waals surface area contributed by atoms with Crippen molar-refractivity contribution in [2.45, 2.75) is 11.8 Å². The number of para-hydroxylation sites is 1. The van der Waals surface area contributed by atoms with Crippen LogP contribution in [0.15, 0.2) is 53.7 Å². The molecule has 0 bridgehead atoms.